The summed E-state index contributed by atoms with van der Waals surface area (Å²) in [6.07, 6.45) is 6.30. The molecule has 1 N–H and O–H groups in total. The van der Waals surface area contributed by atoms with Crippen LogP contribution in [0.2, 0.25) is 0 Å². The van der Waals surface area contributed by atoms with Gasteiger partial charge in [0.1, 0.15) is 6.04 Å². The number of piperidine rings is 1. The van der Waals surface area contributed by atoms with Crippen LogP contribution < -0.4 is 0 Å². The number of likely N-dealkylation sites (N-methyl/N-ethyl adjacent to an activating group) is 1. The van der Waals surface area contributed by atoms with Crippen molar-refractivity contribution in [3.8, 4) is 0 Å². The minimum Gasteiger partial charge on any atom is -0.480 e. The molecule has 1 heterocycles. The van der Waals surface area contributed by atoms with E-state index in [1.807, 2.05) is 11.8 Å². The maximum atomic E-state index is 12.2. The van der Waals surface area contributed by atoms with E-state index in [1.54, 1.807) is 11.9 Å². The molecule has 0 aromatic carbocycles. The lowest BCUT2D eigenvalue weighted by molar-refractivity contribution is -0.150. The maximum absolute atomic E-state index is 12.2. The van der Waals surface area contributed by atoms with Crippen LogP contribution in [0, 0.1) is 5.92 Å². The highest BCUT2D eigenvalue weighted by molar-refractivity contribution is 5.80. The molecule has 0 spiro atoms. The van der Waals surface area contributed by atoms with Crippen LogP contribution in [0.15, 0.2) is 0 Å². The number of carbonyl (C=O) groups excluding carboxylic acids is 1. The van der Waals surface area contributed by atoms with Gasteiger partial charge in [0.05, 0.1) is 6.54 Å². The zero-order valence-corrected chi connectivity index (χ0v) is 12.5. The first-order valence-electron chi connectivity index (χ1n) is 7.77. The molecule has 1 amide bonds. The van der Waals surface area contributed by atoms with Crippen LogP contribution >= 0.6 is 0 Å². The van der Waals surface area contributed by atoms with Gasteiger partial charge in [-0.3, -0.25) is 14.5 Å². The summed E-state index contributed by atoms with van der Waals surface area (Å²) in [5, 5.41) is 9.44. The molecule has 20 heavy (non-hydrogen) atoms. The summed E-state index contributed by atoms with van der Waals surface area (Å²) < 4.78 is 0. The first-order valence-corrected chi connectivity index (χ1v) is 7.77. The molecule has 3 unspecified atom stereocenters. The van der Waals surface area contributed by atoms with Crippen molar-refractivity contribution in [3.05, 3.63) is 0 Å². The second-order valence-electron chi connectivity index (χ2n) is 6.12. The Balaban J connectivity index is 2.12. The molecule has 3 atom stereocenters. The summed E-state index contributed by atoms with van der Waals surface area (Å²) in [5.41, 5.74) is 0. The zero-order valence-electron chi connectivity index (χ0n) is 12.5. The molecule has 2 rings (SSSR count). The normalized spacial score (nSPS) is 30.6. The largest absolute Gasteiger partial charge is 0.480 e. The van der Waals surface area contributed by atoms with E-state index in [0.29, 0.717) is 18.9 Å². The van der Waals surface area contributed by atoms with Crippen molar-refractivity contribution in [1.82, 2.24) is 9.80 Å². The van der Waals surface area contributed by atoms with Gasteiger partial charge in [-0.25, -0.2) is 0 Å². The van der Waals surface area contributed by atoms with Crippen molar-refractivity contribution in [2.45, 2.75) is 57.5 Å². The summed E-state index contributed by atoms with van der Waals surface area (Å²) >= 11 is 0. The number of likely N-dealkylation sites (tertiary alicyclic amines) is 1. The number of hydrogen-bond acceptors (Lipinski definition) is 3. The quantitative estimate of drug-likeness (QED) is 0.850. The molecule has 0 aromatic rings. The average molecular weight is 282 g/mol. The second kappa shape index (κ2) is 6.57. The topological polar surface area (TPSA) is 60.9 Å². The number of carboxylic acid groups (broad SMARTS) is 1. The maximum Gasteiger partial charge on any atom is 0.320 e. The zero-order chi connectivity index (χ0) is 14.7. The van der Waals surface area contributed by atoms with Crippen LogP contribution in [0.25, 0.3) is 0 Å². The monoisotopic (exact) mass is 282 g/mol. The van der Waals surface area contributed by atoms with Crippen LogP contribution in [0.4, 0.5) is 0 Å². The first kappa shape index (κ1) is 15.3. The SMILES string of the molecule is CCN(C)C(=O)CN1C(C(=O)O)CCC2CCCCC21. The van der Waals surface area contributed by atoms with Gasteiger partial charge in [-0.05, 0) is 38.5 Å². The third-order valence-electron chi connectivity index (χ3n) is 5.01. The second-order valence-corrected chi connectivity index (χ2v) is 6.12. The predicted octanol–water partition coefficient (Wildman–Crippen LogP) is 1.57. The Morgan fingerprint density at radius 1 is 1.20 bits per heavy atom. The number of rotatable bonds is 4. The van der Waals surface area contributed by atoms with Crippen molar-refractivity contribution in [1.29, 1.82) is 0 Å². The lowest BCUT2D eigenvalue weighted by Crippen LogP contribution is -2.57. The lowest BCUT2D eigenvalue weighted by Gasteiger charge is -2.47. The Morgan fingerprint density at radius 3 is 2.55 bits per heavy atom. The smallest absolute Gasteiger partial charge is 0.320 e. The summed E-state index contributed by atoms with van der Waals surface area (Å²) in [4.78, 5) is 27.3. The van der Waals surface area contributed by atoms with E-state index in [1.165, 1.54) is 12.8 Å². The summed E-state index contributed by atoms with van der Waals surface area (Å²) in [6.45, 7) is 2.85. The van der Waals surface area contributed by atoms with Gasteiger partial charge in [0.25, 0.3) is 0 Å². The van der Waals surface area contributed by atoms with Crippen molar-refractivity contribution < 1.29 is 14.7 Å². The van der Waals surface area contributed by atoms with Crippen molar-refractivity contribution >= 4 is 11.9 Å². The standard InChI is InChI=1S/C15H26N2O3/c1-3-16(2)14(18)10-17-12-7-5-4-6-11(12)8-9-13(17)15(19)20/h11-13H,3-10H2,1-2H3,(H,19,20). The summed E-state index contributed by atoms with van der Waals surface area (Å²) in [6, 6.07) is -0.198. The van der Waals surface area contributed by atoms with Crippen LogP contribution in [-0.4, -0.2) is 59.0 Å². The molecule has 1 aliphatic heterocycles. The molecule has 5 nitrogen and oxygen atoms in total. The number of fused-ring (bicyclic) bond motifs is 1. The van der Waals surface area contributed by atoms with E-state index in [4.69, 9.17) is 0 Å². The average Bonchev–Trinajstić information content (AvgIpc) is 2.46. The van der Waals surface area contributed by atoms with Gasteiger partial charge in [0, 0.05) is 19.6 Å². The Bertz CT molecular complexity index is 372. The molecule has 2 aliphatic rings. The van der Waals surface area contributed by atoms with Crippen molar-refractivity contribution in [2.75, 3.05) is 20.1 Å². The van der Waals surface area contributed by atoms with Gasteiger partial charge in [-0.1, -0.05) is 12.8 Å². The number of hydrogen-bond donors (Lipinski definition) is 1. The fourth-order valence-electron chi connectivity index (χ4n) is 3.68. The molecule has 114 valence electrons. The number of aliphatic carboxylic acids is 1. The van der Waals surface area contributed by atoms with Gasteiger partial charge in [-0.2, -0.15) is 0 Å². The van der Waals surface area contributed by atoms with Gasteiger partial charge in [-0.15, -0.1) is 0 Å². The van der Waals surface area contributed by atoms with E-state index >= 15 is 0 Å². The summed E-state index contributed by atoms with van der Waals surface area (Å²) in [5.74, 6) is -0.162. The minimum atomic E-state index is -0.777. The van der Waals surface area contributed by atoms with Gasteiger partial charge >= 0.3 is 5.97 Å². The van der Waals surface area contributed by atoms with Crippen molar-refractivity contribution in [3.63, 3.8) is 0 Å². The molecular formula is C15H26N2O3. The van der Waals surface area contributed by atoms with Crippen LogP contribution in [0.3, 0.4) is 0 Å². The van der Waals surface area contributed by atoms with Crippen molar-refractivity contribution in [2.24, 2.45) is 5.92 Å². The molecule has 1 aliphatic carbocycles. The van der Waals surface area contributed by atoms with Gasteiger partial charge in [0.2, 0.25) is 5.91 Å². The number of nitrogens with zero attached hydrogens (tertiary/aromatic N) is 2. The minimum absolute atomic E-state index is 0.0324. The van der Waals surface area contributed by atoms with E-state index in [2.05, 4.69) is 0 Å². The van der Waals surface area contributed by atoms with Gasteiger partial charge in [0.15, 0.2) is 0 Å². The van der Waals surface area contributed by atoms with Crippen LogP contribution in [0.1, 0.15) is 45.4 Å². The molecule has 2 fully saturated rings. The third-order valence-corrected chi connectivity index (χ3v) is 5.01. The fraction of sp³-hybridized carbons (Fsp3) is 0.867. The Hall–Kier alpha value is -1.10. The molecule has 0 bridgehead atoms. The Labute approximate surface area is 120 Å². The highest BCUT2D eigenvalue weighted by Gasteiger charge is 2.42. The fourth-order valence-corrected chi connectivity index (χ4v) is 3.68. The van der Waals surface area contributed by atoms with E-state index in [-0.39, 0.29) is 18.5 Å². The Kier molecular flexibility index (Phi) is 5.02. The van der Waals surface area contributed by atoms with E-state index in [0.717, 1.165) is 19.3 Å². The summed E-state index contributed by atoms with van der Waals surface area (Å²) in [7, 11) is 1.78. The third kappa shape index (κ3) is 3.14. The number of carbonyl (C=O) groups is 2. The van der Waals surface area contributed by atoms with Gasteiger partial charge < -0.3 is 10.0 Å². The molecule has 1 saturated heterocycles. The molecular weight excluding hydrogens is 256 g/mol. The number of amides is 1. The van der Waals surface area contributed by atoms with E-state index < -0.39 is 12.0 Å². The molecule has 5 heteroatoms. The molecule has 0 aromatic heterocycles. The molecule has 0 radical (unpaired) electrons. The lowest BCUT2D eigenvalue weighted by atomic mass is 9.76. The van der Waals surface area contributed by atoms with E-state index in [9.17, 15) is 14.7 Å². The van der Waals surface area contributed by atoms with Crippen LogP contribution in [0.5, 0.6) is 0 Å². The van der Waals surface area contributed by atoms with Crippen LogP contribution in [-0.2, 0) is 9.59 Å². The molecule has 1 saturated carbocycles. The first-order chi connectivity index (χ1) is 9.54. The highest BCUT2D eigenvalue weighted by Crippen LogP contribution is 2.37. The predicted molar refractivity (Wildman–Crippen MR) is 76.4 cm³/mol. The Morgan fingerprint density at radius 2 is 1.90 bits per heavy atom. The highest BCUT2D eigenvalue weighted by atomic mass is 16.4. The number of carboxylic acids is 1.